The zero-order valence-corrected chi connectivity index (χ0v) is 15.7. The SMILES string of the molecule is CC(C)Oc1ccccc1CNC(=O)C(=O)Nc1ccc(C(C)C)cc1. The molecule has 2 aromatic rings. The summed E-state index contributed by atoms with van der Waals surface area (Å²) in [5, 5.41) is 5.24. The average Bonchev–Trinajstić information content (AvgIpc) is 2.60. The van der Waals surface area contributed by atoms with Gasteiger partial charge in [-0.1, -0.05) is 44.2 Å². The van der Waals surface area contributed by atoms with Gasteiger partial charge in [0.25, 0.3) is 0 Å². The van der Waals surface area contributed by atoms with Crippen LogP contribution in [0.15, 0.2) is 48.5 Å². The van der Waals surface area contributed by atoms with Gasteiger partial charge in [-0.05, 0) is 43.5 Å². The molecule has 0 radical (unpaired) electrons. The molecule has 0 aliphatic rings. The quantitative estimate of drug-likeness (QED) is 0.774. The van der Waals surface area contributed by atoms with E-state index in [1.54, 1.807) is 12.1 Å². The van der Waals surface area contributed by atoms with Crippen molar-refractivity contribution in [1.29, 1.82) is 0 Å². The van der Waals surface area contributed by atoms with Crippen LogP contribution in [-0.4, -0.2) is 17.9 Å². The first-order chi connectivity index (χ1) is 12.4. The highest BCUT2D eigenvalue weighted by Gasteiger charge is 2.14. The number of hydrogen-bond acceptors (Lipinski definition) is 3. The Balaban J connectivity index is 1.92. The molecule has 0 saturated heterocycles. The Hall–Kier alpha value is -2.82. The van der Waals surface area contributed by atoms with E-state index in [4.69, 9.17) is 4.74 Å². The molecule has 0 spiro atoms. The van der Waals surface area contributed by atoms with Crippen LogP contribution in [0.4, 0.5) is 5.69 Å². The van der Waals surface area contributed by atoms with Crippen molar-refractivity contribution in [2.24, 2.45) is 0 Å². The Morgan fingerprint density at radius 1 is 0.923 bits per heavy atom. The number of ether oxygens (including phenoxy) is 1. The van der Waals surface area contributed by atoms with Crippen molar-refractivity contribution in [1.82, 2.24) is 5.32 Å². The highest BCUT2D eigenvalue weighted by molar-refractivity contribution is 6.39. The second kappa shape index (κ2) is 9.04. The monoisotopic (exact) mass is 354 g/mol. The van der Waals surface area contributed by atoms with Gasteiger partial charge in [0, 0.05) is 17.8 Å². The van der Waals surface area contributed by atoms with Gasteiger partial charge in [0.15, 0.2) is 0 Å². The molecule has 0 atom stereocenters. The summed E-state index contributed by atoms with van der Waals surface area (Å²) in [6.45, 7) is 8.30. The fourth-order valence-electron chi connectivity index (χ4n) is 2.41. The normalized spacial score (nSPS) is 10.7. The summed E-state index contributed by atoms with van der Waals surface area (Å²) in [4.78, 5) is 24.1. The lowest BCUT2D eigenvalue weighted by molar-refractivity contribution is -0.136. The van der Waals surface area contributed by atoms with Crippen LogP contribution in [0.5, 0.6) is 5.75 Å². The van der Waals surface area contributed by atoms with Crippen LogP contribution in [0.3, 0.4) is 0 Å². The number of hydrogen-bond donors (Lipinski definition) is 2. The van der Waals surface area contributed by atoms with Gasteiger partial charge in [0.2, 0.25) is 0 Å². The predicted octanol–water partition coefficient (Wildman–Crippen LogP) is 3.85. The Bertz CT molecular complexity index is 752. The fourth-order valence-corrected chi connectivity index (χ4v) is 2.41. The number of anilines is 1. The summed E-state index contributed by atoms with van der Waals surface area (Å²) in [6.07, 6.45) is 0.0314. The molecule has 2 rings (SSSR count). The number of benzene rings is 2. The van der Waals surface area contributed by atoms with Crippen molar-refractivity contribution in [3.05, 3.63) is 59.7 Å². The van der Waals surface area contributed by atoms with Crippen LogP contribution in [0.2, 0.25) is 0 Å². The van der Waals surface area contributed by atoms with E-state index in [1.807, 2.05) is 50.2 Å². The van der Waals surface area contributed by atoms with Gasteiger partial charge in [0.1, 0.15) is 5.75 Å². The zero-order chi connectivity index (χ0) is 19.1. The summed E-state index contributed by atoms with van der Waals surface area (Å²) < 4.78 is 5.71. The number of carbonyl (C=O) groups is 2. The van der Waals surface area contributed by atoms with Crippen molar-refractivity contribution in [2.75, 3.05) is 5.32 Å². The predicted molar refractivity (Wildman–Crippen MR) is 103 cm³/mol. The molecule has 2 amide bonds. The van der Waals surface area contributed by atoms with Gasteiger partial charge >= 0.3 is 11.8 Å². The van der Waals surface area contributed by atoms with Gasteiger partial charge in [-0.15, -0.1) is 0 Å². The third-order valence-corrected chi connectivity index (χ3v) is 3.82. The molecule has 0 saturated carbocycles. The van der Waals surface area contributed by atoms with Crippen molar-refractivity contribution >= 4 is 17.5 Å². The number of nitrogens with one attached hydrogen (secondary N) is 2. The van der Waals surface area contributed by atoms with Gasteiger partial charge < -0.3 is 15.4 Å². The smallest absolute Gasteiger partial charge is 0.313 e. The molecule has 5 nitrogen and oxygen atoms in total. The molecule has 0 bridgehead atoms. The van der Waals surface area contributed by atoms with E-state index >= 15 is 0 Å². The van der Waals surface area contributed by atoms with E-state index in [-0.39, 0.29) is 12.6 Å². The molecule has 0 fully saturated rings. The molecule has 0 aromatic heterocycles. The standard InChI is InChI=1S/C21H26N2O3/c1-14(2)16-9-11-18(12-10-16)23-21(25)20(24)22-13-17-7-5-6-8-19(17)26-15(3)4/h5-12,14-15H,13H2,1-4H3,(H,22,24)(H,23,25). The first-order valence-corrected chi connectivity index (χ1v) is 8.80. The summed E-state index contributed by atoms with van der Waals surface area (Å²) in [5.74, 6) is -0.259. The maximum atomic E-state index is 12.1. The Kier molecular flexibility index (Phi) is 6.78. The van der Waals surface area contributed by atoms with Gasteiger partial charge in [-0.2, -0.15) is 0 Å². The lowest BCUT2D eigenvalue weighted by Crippen LogP contribution is -2.35. The third kappa shape index (κ3) is 5.62. The van der Waals surface area contributed by atoms with Crippen LogP contribution in [0, 0.1) is 0 Å². The number of para-hydroxylation sites is 1. The molecule has 0 unspecified atom stereocenters. The van der Waals surface area contributed by atoms with E-state index < -0.39 is 11.8 Å². The highest BCUT2D eigenvalue weighted by atomic mass is 16.5. The summed E-state index contributed by atoms with van der Waals surface area (Å²) in [6, 6.07) is 14.9. The largest absolute Gasteiger partial charge is 0.491 e. The molecular formula is C21H26N2O3. The van der Waals surface area contributed by atoms with Crippen LogP contribution < -0.4 is 15.4 Å². The highest BCUT2D eigenvalue weighted by Crippen LogP contribution is 2.19. The van der Waals surface area contributed by atoms with Gasteiger partial charge in [0.05, 0.1) is 6.10 Å². The minimum absolute atomic E-state index is 0.0314. The fraction of sp³-hybridized carbons (Fsp3) is 0.333. The van der Waals surface area contributed by atoms with Gasteiger partial charge in [-0.25, -0.2) is 0 Å². The molecule has 2 N–H and O–H groups in total. The van der Waals surface area contributed by atoms with Crippen molar-refractivity contribution in [2.45, 2.75) is 46.3 Å². The second-order valence-electron chi connectivity index (χ2n) is 6.69. The third-order valence-electron chi connectivity index (χ3n) is 3.82. The molecule has 0 heterocycles. The minimum Gasteiger partial charge on any atom is -0.491 e. The maximum Gasteiger partial charge on any atom is 0.313 e. The van der Waals surface area contributed by atoms with Crippen molar-refractivity contribution in [3.63, 3.8) is 0 Å². The van der Waals surface area contributed by atoms with Crippen LogP contribution >= 0.6 is 0 Å². The lowest BCUT2D eigenvalue weighted by atomic mass is 10.0. The lowest BCUT2D eigenvalue weighted by Gasteiger charge is -2.14. The Labute approximate surface area is 154 Å². The Morgan fingerprint density at radius 2 is 1.58 bits per heavy atom. The first-order valence-electron chi connectivity index (χ1n) is 8.80. The topological polar surface area (TPSA) is 67.4 Å². The molecule has 0 aliphatic heterocycles. The van der Waals surface area contributed by atoms with E-state index in [1.165, 1.54) is 5.56 Å². The molecule has 2 aromatic carbocycles. The number of carbonyl (C=O) groups excluding carboxylic acids is 2. The van der Waals surface area contributed by atoms with Gasteiger partial charge in [-0.3, -0.25) is 9.59 Å². The van der Waals surface area contributed by atoms with E-state index in [0.29, 0.717) is 17.4 Å². The molecule has 0 aliphatic carbocycles. The van der Waals surface area contributed by atoms with E-state index in [9.17, 15) is 9.59 Å². The van der Waals surface area contributed by atoms with Crippen LogP contribution in [0.25, 0.3) is 0 Å². The second-order valence-corrected chi connectivity index (χ2v) is 6.69. The molecular weight excluding hydrogens is 328 g/mol. The Morgan fingerprint density at radius 3 is 2.19 bits per heavy atom. The van der Waals surface area contributed by atoms with Crippen molar-refractivity contribution in [3.8, 4) is 5.75 Å². The van der Waals surface area contributed by atoms with E-state index in [2.05, 4.69) is 24.5 Å². The maximum absolute atomic E-state index is 12.1. The number of rotatable bonds is 6. The molecule has 26 heavy (non-hydrogen) atoms. The van der Waals surface area contributed by atoms with Crippen LogP contribution in [-0.2, 0) is 16.1 Å². The summed E-state index contributed by atoms with van der Waals surface area (Å²) in [7, 11) is 0. The zero-order valence-electron chi connectivity index (χ0n) is 15.7. The van der Waals surface area contributed by atoms with Crippen LogP contribution in [0.1, 0.15) is 44.7 Å². The number of amides is 2. The molecule has 138 valence electrons. The summed E-state index contributed by atoms with van der Waals surface area (Å²) in [5.41, 5.74) is 2.59. The van der Waals surface area contributed by atoms with E-state index in [0.717, 1.165) is 5.56 Å². The summed E-state index contributed by atoms with van der Waals surface area (Å²) >= 11 is 0. The molecule has 5 heteroatoms. The average molecular weight is 354 g/mol. The van der Waals surface area contributed by atoms with Crippen molar-refractivity contribution < 1.29 is 14.3 Å². The minimum atomic E-state index is -0.690. The first kappa shape index (κ1) is 19.5.